The van der Waals surface area contributed by atoms with Gasteiger partial charge in [-0.1, -0.05) is 60.7 Å². The first kappa shape index (κ1) is 17.0. The fourth-order valence-corrected chi connectivity index (χ4v) is 3.12. The normalized spacial score (nSPS) is 15.5. The van der Waals surface area contributed by atoms with E-state index >= 15 is 0 Å². The third-order valence-electron chi connectivity index (χ3n) is 4.28. The Morgan fingerprint density at radius 2 is 1.23 bits per heavy atom. The largest absolute Gasteiger partial charge is 0.317 e. The Hall–Kier alpha value is -1.35. The van der Waals surface area contributed by atoms with Crippen LogP contribution < -0.4 is 5.32 Å². The standard InChI is InChI=1S/C19H24N2.ClH/c1-3-7-17(8-4-1)15-21(19-11-13-20-14-12-19)16-18-9-5-2-6-10-18;/h1-10,19-20H,11-16H2;1H. The minimum Gasteiger partial charge on any atom is -0.317 e. The number of hydrogen-bond acceptors (Lipinski definition) is 2. The van der Waals surface area contributed by atoms with E-state index in [2.05, 4.69) is 70.9 Å². The molecule has 2 nitrogen and oxygen atoms in total. The molecular formula is C19H25ClN2. The molecule has 0 aromatic heterocycles. The summed E-state index contributed by atoms with van der Waals surface area (Å²) < 4.78 is 0. The SMILES string of the molecule is Cl.c1ccc(CN(Cc2ccccc2)C2CCNCC2)cc1. The molecule has 1 heterocycles. The minimum atomic E-state index is 0. The molecule has 1 saturated heterocycles. The van der Waals surface area contributed by atoms with Gasteiger partial charge in [-0.05, 0) is 37.1 Å². The van der Waals surface area contributed by atoms with Crippen molar-refractivity contribution in [1.82, 2.24) is 10.2 Å². The monoisotopic (exact) mass is 316 g/mol. The Bertz CT molecular complexity index is 482. The lowest BCUT2D eigenvalue weighted by atomic mass is 10.0. The Morgan fingerprint density at radius 1 is 0.773 bits per heavy atom. The van der Waals surface area contributed by atoms with Crippen molar-refractivity contribution in [1.29, 1.82) is 0 Å². The maximum atomic E-state index is 3.47. The molecule has 1 aliphatic heterocycles. The zero-order chi connectivity index (χ0) is 14.3. The molecule has 1 fully saturated rings. The van der Waals surface area contributed by atoms with Crippen LogP contribution in [-0.2, 0) is 13.1 Å². The van der Waals surface area contributed by atoms with Crippen molar-refractivity contribution >= 4 is 12.4 Å². The number of benzene rings is 2. The highest BCUT2D eigenvalue weighted by molar-refractivity contribution is 5.85. The average molecular weight is 317 g/mol. The van der Waals surface area contributed by atoms with Gasteiger partial charge in [-0.2, -0.15) is 0 Å². The fourth-order valence-electron chi connectivity index (χ4n) is 3.12. The summed E-state index contributed by atoms with van der Waals surface area (Å²) in [5.41, 5.74) is 2.82. The number of hydrogen-bond donors (Lipinski definition) is 1. The van der Waals surface area contributed by atoms with Crippen molar-refractivity contribution in [3.05, 3.63) is 71.8 Å². The van der Waals surface area contributed by atoms with Crippen molar-refractivity contribution < 1.29 is 0 Å². The van der Waals surface area contributed by atoms with Crippen LogP contribution in [0.25, 0.3) is 0 Å². The van der Waals surface area contributed by atoms with E-state index < -0.39 is 0 Å². The van der Waals surface area contributed by atoms with Crippen LogP contribution in [0.2, 0.25) is 0 Å². The maximum absolute atomic E-state index is 3.47. The summed E-state index contributed by atoms with van der Waals surface area (Å²) in [6.07, 6.45) is 2.50. The average Bonchev–Trinajstić information content (AvgIpc) is 2.57. The fraction of sp³-hybridized carbons (Fsp3) is 0.368. The molecule has 22 heavy (non-hydrogen) atoms. The highest BCUT2D eigenvalue weighted by atomic mass is 35.5. The molecule has 0 aliphatic carbocycles. The van der Waals surface area contributed by atoms with Gasteiger partial charge in [0.25, 0.3) is 0 Å². The quantitative estimate of drug-likeness (QED) is 0.901. The minimum absolute atomic E-state index is 0. The third-order valence-corrected chi connectivity index (χ3v) is 4.28. The van der Waals surface area contributed by atoms with Gasteiger partial charge in [0, 0.05) is 19.1 Å². The van der Waals surface area contributed by atoms with Crippen LogP contribution in [0.15, 0.2) is 60.7 Å². The van der Waals surface area contributed by atoms with E-state index in [0.717, 1.165) is 26.2 Å². The third kappa shape index (κ3) is 4.84. The van der Waals surface area contributed by atoms with E-state index in [1.165, 1.54) is 24.0 Å². The summed E-state index contributed by atoms with van der Waals surface area (Å²) in [7, 11) is 0. The Morgan fingerprint density at radius 3 is 1.68 bits per heavy atom. The van der Waals surface area contributed by atoms with Gasteiger partial charge >= 0.3 is 0 Å². The van der Waals surface area contributed by atoms with Crippen molar-refractivity contribution in [2.24, 2.45) is 0 Å². The molecule has 0 unspecified atom stereocenters. The topological polar surface area (TPSA) is 15.3 Å². The second-order valence-corrected chi connectivity index (χ2v) is 5.86. The van der Waals surface area contributed by atoms with Gasteiger partial charge < -0.3 is 5.32 Å². The molecule has 0 saturated carbocycles. The van der Waals surface area contributed by atoms with Crippen molar-refractivity contribution in [2.75, 3.05) is 13.1 Å². The molecule has 0 radical (unpaired) electrons. The molecule has 2 aromatic carbocycles. The molecule has 118 valence electrons. The van der Waals surface area contributed by atoms with Crippen molar-refractivity contribution in [3.63, 3.8) is 0 Å². The first-order valence-electron chi connectivity index (χ1n) is 7.94. The van der Waals surface area contributed by atoms with Crippen LogP contribution in [0.5, 0.6) is 0 Å². The summed E-state index contributed by atoms with van der Waals surface area (Å²) in [6, 6.07) is 22.4. The highest BCUT2D eigenvalue weighted by Crippen LogP contribution is 2.18. The van der Waals surface area contributed by atoms with E-state index in [9.17, 15) is 0 Å². The zero-order valence-corrected chi connectivity index (χ0v) is 13.8. The van der Waals surface area contributed by atoms with Gasteiger partial charge in [-0.25, -0.2) is 0 Å². The summed E-state index contributed by atoms with van der Waals surface area (Å²) in [6.45, 7) is 4.37. The van der Waals surface area contributed by atoms with Gasteiger partial charge in [0.05, 0.1) is 0 Å². The Balaban J connectivity index is 0.00000176. The molecule has 2 aromatic rings. The van der Waals surface area contributed by atoms with Gasteiger partial charge in [0.2, 0.25) is 0 Å². The molecule has 1 N–H and O–H groups in total. The lowest BCUT2D eigenvalue weighted by Gasteiger charge is -2.35. The molecule has 3 rings (SSSR count). The summed E-state index contributed by atoms with van der Waals surface area (Å²) in [4.78, 5) is 2.64. The van der Waals surface area contributed by atoms with Crippen LogP contribution in [0.4, 0.5) is 0 Å². The van der Waals surface area contributed by atoms with Crippen LogP contribution >= 0.6 is 12.4 Å². The summed E-state index contributed by atoms with van der Waals surface area (Å²) in [5.74, 6) is 0. The molecule has 0 amide bonds. The maximum Gasteiger partial charge on any atom is 0.0240 e. The van der Waals surface area contributed by atoms with Gasteiger partial charge in [-0.15, -0.1) is 12.4 Å². The Labute approximate surface area is 140 Å². The number of rotatable bonds is 5. The summed E-state index contributed by atoms with van der Waals surface area (Å²) >= 11 is 0. The van der Waals surface area contributed by atoms with E-state index in [1.807, 2.05) is 0 Å². The number of halogens is 1. The molecule has 3 heteroatoms. The lowest BCUT2D eigenvalue weighted by molar-refractivity contribution is 0.146. The molecule has 1 aliphatic rings. The molecule has 0 atom stereocenters. The number of nitrogens with zero attached hydrogens (tertiary/aromatic N) is 1. The van der Waals surface area contributed by atoms with Crippen molar-refractivity contribution in [2.45, 2.75) is 32.0 Å². The van der Waals surface area contributed by atoms with E-state index in [4.69, 9.17) is 0 Å². The first-order chi connectivity index (χ1) is 10.4. The van der Waals surface area contributed by atoms with Gasteiger partial charge in [-0.3, -0.25) is 4.90 Å². The van der Waals surface area contributed by atoms with Gasteiger partial charge in [0.1, 0.15) is 0 Å². The second-order valence-electron chi connectivity index (χ2n) is 5.86. The number of nitrogens with one attached hydrogen (secondary N) is 1. The Kier molecular flexibility index (Phi) is 6.91. The second kappa shape index (κ2) is 8.94. The predicted octanol–water partition coefficient (Wildman–Crippen LogP) is 3.86. The molecule has 0 spiro atoms. The predicted molar refractivity (Wildman–Crippen MR) is 95.3 cm³/mol. The highest BCUT2D eigenvalue weighted by Gasteiger charge is 2.21. The van der Waals surface area contributed by atoms with Crippen LogP contribution in [0.3, 0.4) is 0 Å². The molecule has 0 bridgehead atoms. The number of piperidine rings is 1. The van der Waals surface area contributed by atoms with Gasteiger partial charge in [0.15, 0.2) is 0 Å². The molecular weight excluding hydrogens is 292 g/mol. The lowest BCUT2D eigenvalue weighted by Crippen LogP contribution is -2.42. The van der Waals surface area contributed by atoms with Crippen LogP contribution in [-0.4, -0.2) is 24.0 Å². The van der Waals surface area contributed by atoms with Crippen LogP contribution in [0, 0.1) is 0 Å². The van der Waals surface area contributed by atoms with Crippen molar-refractivity contribution in [3.8, 4) is 0 Å². The van der Waals surface area contributed by atoms with E-state index in [1.54, 1.807) is 0 Å². The van der Waals surface area contributed by atoms with Crippen LogP contribution in [0.1, 0.15) is 24.0 Å². The van der Waals surface area contributed by atoms with E-state index in [-0.39, 0.29) is 12.4 Å². The zero-order valence-electron chi connectivity index (χ0n) is 12.9. The van der Waals surface area contributed by atoms with E-state index in [0.29, 0.717) is 6.04 Å². The summed E-state index contributed by atoms with van der Waals surface area (Å²) in [5, 5.41) is 3.47. The first-order valence-corrected chi connectivity index (χ1v) is 7.94. The smallest absolute Gasteiger partial charge is 0.0240 e.